The highest BCUT2D eigenvalue weighted by Crippen LogP contribution is 2.23. The van der Waals surface area contributed by atoms with Crippen LogP contribution in [0.25, 0.3) is 0 Å². The normalized spacial score (nSPS) is 19.7. The molecule has 1 aliphatic heterocycles. The van der Waals surface area contributed by atoms with Gasteiger partial charge in [-0.1, -0.05) is 0 Å². The molecule has 19 heavy (non-hydrogen) atoms. The lowest BCUT2D eigenvalue weighted by Gasteiger charge is -2.28. The molecule has 1 aliphatic rings. The first-order chi connectivity index (χ1) is 8.90. The predicted molar refractivity (Wildman–Crippen MR) is 70.6 cm³/mol. The van der Waals surface area contributed by atoms with E-state index >= 15 is 0 Å². The monoisotopic (exact) mass is 283 g/mol. The molecule has 1 aromatic rings. The van der Waals surface area contributed by atoms with E-state index in [9.17, 15) is 9.59 Å². The molecule has 1 saturated heterocycles. The predicted octanol–water partition coefficient (Wildman–Crippen LogP) is 0.580. The number of amides is 2. The number of nitrogens with one attached hydrogen (secondary N) is 1. The fraction of sp³-hybridized carbons (Fsp3) is 0.455. The minimum absolute atomic E-state index is 0.0573. The van der Waals surface area contributed by atoms with E-state index in [1.54, 1.807) is 6.92 Å². The molecule has 0 aromatic carbocycles. The van der Waals surface area contributed by atoms with Gasteiger partial charge in [0.15, 0.2) is 5.82 Å². The smallest absolute Gasteiger partial charge is 0.251 e. The number of nitrogen functional groups attached to an aromatic ring is 1. The standard InChI is InChI=1S/C11H14ClN5O2/c1-5-8(13)9(16-11(12)14-5)15-6-3-4-7(18)17(2)10(6)19/h6H,3-4,13H2,1-2H3,(H,14,15,16). The number of aromatic nitrogens is 2. The van der Waals surface area contributed by atoms with Crippen molar-refractivity contribution >= 4 is 34.9 Å². The zero-order valence-corrected chi connectivity index (χ0v) is 11.4. The summed E-state index contributed by atoms with van der Waals surface area (Å²) in [5.74, 6) is -0.172. The van der Waals surface area contributed by atoms with Gasteiger partial charge in [0.05, 0.1) is 11.4 Å². The van der Waals surface area contributed by atoms with E-state index < -0.39 is 6.04 Å². The number of piperidine rings is 1. The molecular weight excluding hydrogens is 270 g/mol. The van der Waals surface area contributed by atoms with Crippen LogP contribution in [-0.2, 0) is 9.59 Å². The topological polar surface area (TPSA) is 101 Å². The summed E-state index contributed by atoms with van der Waals surface area (Å²) in [7, 11) is 1.46. The number of carbonyl (C=O) groups excluding carboxylic acids is 2. The summed E-state index contributed by atoms with van der Waals surface area (Å²) < 4.78 is 0. The Morgan fingerprint density at radius 3 is 2.79 bits per heavy atom. The van der Waals surface area contributed by atoms with Crippen LogP contribution in [0.3, 0.4) is 0 Å². The van der Waals surface area contributed by atoms with Gasteiger partial charge in [-0.15, -0.1) is 0 Å². The maximum atomic E-state index is 11.9. The van der Waals surface area contributed by atoms with Crippen molar-refractivity contribution in [2.45, 2.75) is 25.8 Å². The second-order valence-corrected chi connectivity index (χ2v) is 4.70. The fourth-order valence-electron chi connectivity index (χ4n) is 1.87. The number of rotatable bonds is 2. The Morgan fingerprint density at radius 1 is 1.42 bits per heavy atom. The number of nitrogens with two attached hydrogens (primary N) is 1. The third kappa shape index (κ3) is 2.60. The lowest BCUT2D eigenvalue weighted by Crippen LogP contribution is -2.48. The van der Waals surface area contributed by atoms with Crippen LogP contribution in [0.5, 0.6) is 0 Å². The third-order valence-corrected chi connectivity index (χ3v) is 3.24. The van der Waals surface area contributed by atoms with Crippen molar-refractivity contribution in [3.05, 3.63) is 11.0 Å². The van der Waals surface area contributed by atoms with Gasteiger partial charge in [-0.3, -0.25) is 14.5 Å². The molecule has 1 fully saturated rings. The summed E-state index contributed by atoms with van der Waals surface area (Å²) >= 11 is 5.76. The Morgan fingerprint density at radius 2 is 2.11 bits per heavy atom. The van der Waals surface area contributed by atoms with Gasteiger partial charge in [-0.05, 0) is 24.9 Å². The lowest BCUT2D eigenvalue weighted by molar-refractivity contribution is -0.146. The van der Waals surface area contributed by atoms with Gasteiger partial charge in [-0.25, -0.2) is 4.98 Å². The molecule has 0 spiro atoms. The molecular formula is C11H14ClN5O2. The van der Waals surface area contributed by atoms with Crippen LogP contribution in [0.1, 0.15) is 18.5 Å². The highest BCUT2D eigenvalue weighted by Gasteiger charge is 2.32. The molecule has 0 radical (unpaired) electrons. The van der Waals surface area contributed by atoms with Gasteiger partial charge >= 0.3 is 0 Å². The first kappa shape index (κ1) is 13.5. The molecule has 102 valence electrons. The Bertz CT molecular complexity index is 548. The Kier molecular flexibility index (Phi) is 3.57. The maximum absolute atomic E-state index is 11.9. The molecule has 0 aliphatic carbocycles. The highest BCUT2D eigenvalue weighted by atomic mass is 35.5. The largest absolute Gasteiger partial charge is 0.394 e. The fourth-order valence-corrected chi connectivity index (χ4v) is 2.08. The zero-order chi connectivity index (χ0) is 14.2. The van der Waals surface area contributed by atoms with Crippen molar-refractivity contribution < 1.29 is 9.59 Å². The number of likely N-dealkylation sites (tertiary alicyclic amines) is 1. The number of carbonyl (C=O) groups is 2. The number of aryl methyl sites for hydroxylation is 1. The van der Waals surface area contributed by atoms with Crippen LogP contribution < -0.4 is 11.1 Å². The summed E-state index contributed by atoms with van der Waals surface area (Å²) in [4.78, 5) is 32.3. The third-order valence-electron chi connectivity index (χ3n) is 3.07. The summed E-state index contributed by atoms with van der Waals surface area (Å²) in [6.45, 7) is 1.70. The number of hydrogen-bond donors (Lipinski definition) is 2. The second kappa shape index (κ2) is 5.00. The van der Waals surface area contributed by atoms with Gasteiger partial charge in [0.1, 0.15) is 6.04 Å². The number of hydrogen-bond acceptors (Lipinski definition) is 6. The van der Waals surface area contributed by atoms with Crippen LogP contribution in [-0.4, -0.2) is 39.8 Å². The minimum atomic E-state index is -0.532. The van der Waals surface area contributed by atoms with Crippen LogP contribution in [0, 0.1) is 6.92 Å². The summed E-state index contributed by atoms with van der Waals surface area (Å²) in [6.07, 6.45) is 0.708. The van der Waals surface area contributed by atoms with Gasteiger partial charge in [0.25, 0.3) is 5.91 Å². The molecule has 2 amide bonds. The zero-order valence-electron chi connectivity index (χ0n) is 10.6. The number of nitrogens with zero attached hydrogens (tertiary/aromatic N) is 3. The summed E-state index contributed by atoms with van der Waals surface area (Å²) in [6, 6.07) is -0.532. The van der Waals surface area contributed by atoms with Crippen molar-refractivity contribution in [3.8, 4) is 0 Å². The quantitative estimate of drug-likeness (QED) is 0.608. The maximum Gasteiger partial charge on any atom is 0.251 e. The molecule has 1 unspecified atom stereocenters. The van der Waals surface area contributed by atoms with Gasteiger partial charge in [0.2, 0.25) is 11.2 Å². The van der Waals surface area contributed by atoms with Crippen LogP contribution >= 0.6 is 11.6 Å². The van der Waals surface area contributed by atoms with Crippen molar-refractivity contribution in [1.29, 1.82) is 0 Å². The first-order valence-electron chi connectivity index (χ1n) is 5.76. The van der Waals surface area contributed by atoms with Crippen molar-refractivity contribution in [1.82, 2.24) is 14.9 Å². The average molecular weight is 284 g/mol. The Labute approximate surface area is 115 Å². The first-order valence-corrected chi connectivity index (χ1v) is 6.14. The number of anilines is 2. The summed E-state index contributed by atoms with van der Waals surface area (Å²) in [5, 5.41) is 2.98. The number of halogens is 1. The lowest BCUT2D eigenvalue weighted by atomic mass is 10.0. The molecule has 2 rings (SSSR count). The number of likely N-dealkylation sites (N-methyl/N-ethyl adjacent to an activating group) is 1. The number of imide groups is 1. The van der Waals surface area contributed by atoms with E-state index in [-0.39, 0.29) is 17.1 Å². The van der Waals surface area contributed by atoms with Gasteiger partial charge < -0.3 is 11.1 Å². The molecule has 0 bridgehead atoms. The van der Waals surface area contributed by atoms with Gasteiger partial charge in [0, 0.05) is 13.5 Å². The summed E-state index contributed by atoms with van der Waals surface area (Å²) in [5.41, 5.74) is 6.72. The van der Waals surface area contributed by atoms with Crippen LogP contribution in [0.2, 0.25) is 5.28 Å². The van der Waals surface area contributed by atoms with Crippen molar-refractivity contribution in [3.63, 3.8) is 0 Å². The molecule has 7 nitrogen and oxygen atoms in total. The minimum Gasteiger partial charge on any atom is -0.394 e. The van der Waals surface area contributed by atoms with Crippen molar-refractivity contribution in [2.24, 2.45) is 0 Å². The van der Waals surface area contributed by atoms with E-state index in [0.29, 0.717) is 30.0 Å². The van der Waals surface area contributed by atoms with E-state index in [4.69, 9.17) is 17.3 Å². The molecule has 1 atom stereocenters. The molecule has 2 heterocycles. The van der Waals surface area contributed by atoms with Crippen molar-refractivity contribution in [2.75, 3.05) is 18.1 Å². The Balaban J connectivity index is 2.22. The molecule has 3 N–H and O–H groups in total. The molecule has 1 aromatic heterocycles. The Hall–Kier alpha value is -1.89. The van der Waals surface area contributed by atoms with Crippen LogP contribution in [0.15, 0.2) is 0 Å². The second-order valence-electron chi connectivity index (χ2n) is 4.37. The van der Waals surface area contributed by atoms with Crippen LogP contribution in [0.4, 0.5) is 11.5 Å². The average Bonchev–Trinajstić information content (AvgIpc) is 2.36. The highest BCUT2D eigenvalue weighted by molar-refractivity contribution is 6.28. The van der Waals surface area contributed by atoms with E-state index in [1.165, 1.54) is 7.05 Å². The van der Waals surface area contributed by atoms with E-state index in [0.717, 1.165) is 4.90 Å². The van der Waals surface area contributed by atoms with E-state index in [2.05, 4.69) is 15.3 Å². The molecule has 0 saturated carbocycles. The SMILES string of the molecule is Cc1nc(Cl)nc(NC2CCC(=O)N(C)C2=O)c1N. The van der Waals surface area contributed by atoms with Gasteiger partial charge in [-0.2, -0.15) is 4.98 Å². The molecule has 8 heteroatoms. The van der Waals surface area contributed by atoms with E-state index in [1.807, 2.05) is 0 Å².